The van der Waals surface area contributed by atoms with Crippen LogP contribution < -0.4 is 0 Å². The van der Waals surface area contributed by atoms with Crippen LogP contribution in [0.3, 0.4) is 0 Å². The number of alkyl halides is 1. The van der Waals surface area contributed by atoms with E-state index in [4.69, 9.17) is 11.6 Å². The molecule has 0 saturated carbocycles. The minimum absolute atomic E-state index is 0.677. The Bertz CT molecular complexity index is 306. The van der Waals surface area contributed by atoms with Gasteiger partial charge in [-0.25, -0.2) is 4.98 Å². The van der Waals surface area contributed by atoms with E-state index < -0.39 is 0 Å². The number of rotatable bonds is 3. The van der Waals surface area contributed by atoms with Crippen molar-refractivity contribution >= 4 is 11.6 Å². The largest absolute Gasteiger partial charge is 0.325 e. The van der Waals surface area contributed by atoms with Crippen LogP contribution >= 0.6 is 11.6 Å². The first kappa shape index (κ1) is 10.1. The summed E-state index contributed by atoms with van der Waals surface area (Å²) in [5.41, 5.74) is 0. The van der Waals surface area contributed by atoms with E-state index in [0.29, 0.717) is 5.88 Å². The fourth-order valence-corrected chi connectivity index (χ4v) is 1.12. The van der Waals surface area contributed by atoms with E-state index in [2.05, 4.69) is 23.7 Å². The fourth-order valence-electron chi connectivity index (χ4n) is 0.985. The number of halogens is 1. The summed E-state index contributed by atoms with van der Waals surface area (Å²) in [6.07, 6.45) is 5.50. The van der Waals surface area contributed by atoms with Crippen LogP contribution in [-0.4, -0.2) is 15.4 Å². The van der Waals surface area contributed by atoms with Crippen molar-refractivity contribution in [2.75, 3.05) is 5.88 Å². The molecule has 0 saturated heterocycles. The summed E-state index contributed by atoms with van der Waals surface area (Å²) >= 11 is 5.53. The maximum absolute atomic E-state index is 5.53. The maximum atomic E-state index is 5.53. The Morgan fingerprint density at radius 1 is 1.62 bits per heavy atom. The monoisotopic (exact) mass is 196 g/mol. The molecule has 1 heterocycles. The topological polar surface area (TPSA) is 17.8 Å². The van der Waals surface area contributed by atoms with Crippen LogP contribution in [0.25, 0.3) is 0 Å². The molecule has 0 amide bonds. The Labute approximate surface area is 83.9 Å². The fraction of sp³-hybridized carbons (Fsp3) is 0.500. The zero-order chi connectivity index (χ0) is 9.52. The minimum Gasteiger partial charge on any atom is -0.325 e. The standard InChI is InChI=1S/C10H13ClN2/c1-2-13-9-8-12-10(13)6-4-3-5-7-11/h8-9H,2-3,5,7H2,1H3. The number of imidazole rings is 1. The van der Waals surface area contributed by atoms with E-state index in [1.54, 1.807) is 6.20 Å². The second kappa shape index (κ2) is 5.66. The maximum Gasteiger partial charge on any atom is 0.185 e. The number of unbranched alkanes of at least 4 members (excludes halogenated alkanes) is 1. The molecular weight excluding hydrogens is 184 g/mol. The lowest BCUT2D eigenvalue weighted by atomic mass is 10.3. The van der Waals surface area contributed by atoms with Crippen molar-refractivity contribution in [2.45, 2.75) is 26.3 Å². The number of hydrogen-bond donors (Lipinski definition) is 0. The molecule has 0 aromatic carbocycles. The SMILES string of the molecule is CCn1ccnc1C#CCCCCl. The van der Waals surface area contributed by atoms with Crippen LogP contribution in [-0.2, 0) is 6.54 Å². The Morgan fingerprint density at radius 3 is 3.15 bits per heavy atom. The zero-order valence-corrected chi connectivity index (χ0v) is 8.51. The molecule has 1 rings (SSSR count). The first-order chi connectivity index (χ1) is 6.38. The number of aryl methyl sites for hydroxylation is 1. The molecule has 2 nitrogen and oxygen atoms in total. The second-order valence-electron chi connectivity index (χ2n) is 2.63. The van der Waals surface area contributed by atoms with Crippen LogP contribution in [0, 0.1) is 11.8 Å². The second-order valence-corrected chi connectivity index (χ2v) is 3.01. The molecule has 0 spiro atoms. The Morgan fingerprint density at radius 2 is 2.46 bits per heavy atom. The molecule has 0 aliphatic heterocycles. The number of aromatic nitrogens is 2. The van der Waals surface area contributed by atoms with Crippen molar-refractivity contribution in [3.8, 4) is 11.8 Å². The highest BCUT2D eigenvalue weighted by molar-refractivity contribution is 6.17. The Kier molecular flexibility index (Phi) is 4.42. The molecule has 70 valence electrons. The molecule has 0 aliphatic rings. The first-order valence-corrected chi connectivity index (χ1v) is 4.98. The molecule has 0 bridgehead atoms. The Balaban J connectivity index is 2.55. The van der Waals surface area contributed by atoms with E-state index in [0.717, 1.165) is 25.2 Å². The average molecular weight is 197 g/mol. The van der Waals surface area contributed by atoms with Gasteiger partial charge in [-0.2, -0.15) is 0 Å². The third-order valence-electron chi connectivity index (χ3n) is 1.69. The molecule has 0 aliphatic carbocycles. The molecular formula is C10H13ClN2. The summed E-state index contributed by atoms with van der Waals surface area (Å²) < 4.78 is 2.02. The van der Waals surface area contributed by atoms with Gasteiger partial charge >= 0.3 is 0 Å². The predicted molar refractivity (Wildman–Crippen MR) is 54.7 cm³/mol. The zero-order valence-electron chi connectivity index (χ0n) is 7.76. The van der Waals surface area contributed by atoms with Gasteiger partial charge in [-0.15, -0.1) is 11.6 Å². The lowest BCUT2D eigenvalue weighted by molar-refractivity contribution is 0.750. The minimum atomic E-state index is 0.677. The van der Waals surface area contributed by atoms with Gasteiger partial charge in [0.2, 0.25) is 0 Å². The summed E-state index contributed by atoms with van der Waals surface area (Å²) in [7, 11) is 0. The van der Waals surface area contributed by atoms with Gasteiger partial charge in [-0.3, -0.25) is 0 Å². The molecule has 0 atom stereocenters. The van der Waals surface area contributed by atoms with Gasteiger partial charge in [-0.1, -0.05) is 5.92 Å². The highest BCUT2D eigenvalue weighted by Crippen LogP contribution is 1.95. The van der Waals surface area contributed by atoms with Gasteiger partial charge in [0, 0.05) is 31.2 Å². The molecule has 1 aromatic rings. The van der Waals surface area contributed by atoms with Gasteiger partial charge in [0.1, 0.15) is 0 Å². The molecule has 0 N–H and O–H groups in total. The van der Waals surface area contributed by atoms with Gasteiger partial charge in [0.05, 0.1) is 0 Å². The summed E-state index contributed by atoms with van der Waals surface area (Å²) in [4.78, 5) is 4.14. The third-order valence-corrected chi connectivity index (χ3v) is 1.96. The van der Waals surface area contributed by atoms with Crippen molar-refractivity contribution in [3.05, 3.63) is 18.2 Å². The number of hydrogen-bond acceptors (Lipinski definition) is 1. The van der Waals surface area contributed by atoms with Crippen molar-refractivity contribution in [1.82, 2.24) is 9.55 Å². The summed E-state index contributed by atoms with van der Waals surface area (Å²) in [5, 5.41) is 0. The average Bonchev–Trinajstić information content (AvgIpc) is 2.60. The third kappa shape index (κ3) is 3.12. The van der Waals surface area contributed by atoms with E-state index >= 15 is 0 Å². The van der Waals surface area contributed by atoms with Crippen molar-refractivity contribution < 1.29 is 0 Å². The highest BCUT2D eigenvalue weighted by atomic mass is 35.5. The lowest BCUT2D eigenvalue weighted by Gasteiger charge is -1.95. The van der Waals surface area contributed by atoms with E-state index in [1.165, 1.54) is 0 Å². The first-order valence-electron chi connectivity index (χ1n) is 4.44. The smallest absolute Gasteiger partial charge is 0.185 e. The van der Waals surface area contributed by atoms with Crippen molar-refractivity contribution in [3.63, 3.8) is 0 Å². The summed E-state index contributed by atoms with van der Waals surface area (Å²) in [6.45, 7) is 2.99. The van der Waals surface area contributed by atoms with Gasteiger partial charge < -0.3 is 4.57 Å². The lowest BCUT2D eigenvalue weighted by Crippen LogP contribution is -1.95. The van der Waals surface area contributed by atoms with Crippen LogP contribution in [0.5, 0.6) is 0 Å². The summed E-state index contributed by atoms with van der Waals surface area (Å²) in [6, 6.07) is 0. The van der Waals surface area contributed by atoms with Gasteiger partial charge in [0.15, 0.2) is 5.82 Å². The molecule has 0 radical (unpaired) electrons. The van der Waals surface area contributed by atoms with Crippen molar-refractivity contribution in [2.24, 2.45) is 0 Å². The van der Waals surface area contributed by atoms with E-state index in [1.807, 2.05) is 10.8 Å². The van der Waals surface area contributed by atoms with Crippen molar-refractivity contribution in [1.29, 1.82) is 0 Å². The molecule has 3 heteroatoms. The van der Waals surface area contributed by atoms with Crippen LogP contribution in [0.1, 0.15) is 25.6 Å². The molecule has 0 unspecified atom stereocenters. The van der Waals surface area contributed by atoms with Crippen LogP contribution in [0.4, 0.5) is 0 Å². The van der Waals surface area contributed by atoms with Gasteiger partial charge in [-0.05, 0) is 19.3 Å². The predicted octanol–water partition coefficient (Wildman–Crippen LogP) is 2.27. The van der Waals surface area contributed by atoms with E-state index in [9.17, 15) is 0 Å². The quantitative estimate of drug-likeness (QED) is 0.412. The molecule has 13 heavy (non-hydrogen) atoms. The van der Waals surface area contributed by atoms with Crippen LogP contribution in [0.15, 0.2) is 12.4 Å². The molecule has 0 fully saturated rings. The highest BCUT2D eigenvalue weighted by Gasteiger charge is 1.93. The number of nitrogens with zero attached hydrogens (tertiary/aromatic N) is 2. The normalized spacial score (nSPS) is 9.38. The van der Waals surface area contributed by atoms with Gasteiger partial charge in [0.25, 0.3) is 0 Å². The van der Waals surface area contributed by atoms with Crippen LogP contribution in [0.2, 0.25) is 0 Å². The van der Waals surface area contributed by atoms with E-state index in [-0.39, 0.29) is 0 Å². The molecule has 1 aromatic heterocycles. The Hall–Kier alpha value is -0.940. The summed E-state index contributed by atoms with van der Waals surface area (Å²) in [5.74, 6) is 7.59.